The van der Waals surface area contributed by atoms with Gasteiger partial charge in [0.05, 0.1) is 7.11 Å². The number of rotatable bonds is 4. The zero-order valence-corrected chi connectivity index (χ0v) is 10.5. The Kier molecular flexibility index (Phi) is 4.00. The van der Waals surface area contributed by atoms with Crippen LogP contribution in [0.4, 0.5) is 8.78 Å². The Labute approximate surface area is 110 Å². The second-order valence-electron chi connectivity index (χ2n) is 4.24. The number of aryl methyl sites for hydroxylation is 2. The summed E-state index contributed by atoms with van der Waals surface area (Å²) in [5.41, 5.74) is 1.39. The average molecular weight is 264 g/mol. The van der Waals surface area contributed by atoms with Crippen LogP contribution in [0.1, 0.15) is 11.1 Å². The standard InChI is InChI=1S/C15H14F2O2/c1-19-15-8-10(3-6-13(15)17)2-4-11-9-12(16)5-7-14(11)18/h3,5-9,18H,2,4H2,1H3. The molecule has 0 aliphatic carbocycles. The first-order valence-corrected chi connectivity index (χ1v) is 5.90. The molecule has 0 bridgehead atoms. The molecule has 0 amide bonds. The fourth-order valence-corrected chi connectivity index (χ4v) is 1.89. The van der Waals surface area contributed by atoms with Crippen LogP contribution in [0.2, 0.25) is 0 Å². The zero-order chi connectivity index (χ0) is 13.8. The fraction of sp³-hybridized carbons (Fsp3) is 0.200. The van der Waals surface area contributed by atoms with Crippen molar-refractivity contribution in [1.82, 2.24) is 0 Å². The maximum Gasteiger partial charge on any atom is 0.165 e. The molecular weight excluding hydrogens is 250 g/mol. The van der Waals surface area contributed by atoms with Gasteiger partial charge in [-0.05, 0) is 54.3 Å². The smallest absolute Gasteiger partial charge is 0.165 e. The summed E-state index contributed by atoms with van der Waals surface area (Å²) in [6.45, 7) is 0. The number of benzene rings is 2. The van der Waals surface area contributed by atoms with E-state index in [4.69, 9.17) is 4.74 Å². The molecule has 2 aromatic rings. The van der Waals surface area contributed by atoms with Crippen molar-refractivity contribution in [2.75, 3.05) is 7.11 Å². The number of ether oxygens (including phenoxy) is 1. The molecule has 1 N–H and O–H groups in total. The van der Waals surface area contributed by atoms with Gasteiger partial charge in [-0.25, -0.2) is 8.78 Å². The molecule has 0 atom stereocenters. The van der Waals surface area contributed by atoms with E-state index in [-0.39, 0.29) is 17.3 Å². The van der Waals surface area contributed by atoms with Crippen molar-refractivity contribution < 1.29 is 18.6 Å². The van der Waals surface area contributed by atoms with Crippen molar-refractivity contribution in [1.29, 1.82) is 0 Å². The quantitative estimate of drug-likeness (QED) is 0.916. The first-order valence-electron chi connectivity index (χ1n) is 5.90. The van der Waals surface area contributed by atoms with E-state index in [2.05, 4.69) is 0 Å². The number of methoxy groups -OCH3 is 1. The Morgan fingerprint density at radius 3 is 2.58 bits per heavy atom. The number of phenolic OH excluding ortho intramolecular Hbond substituents is 1. The molecule has 2 rings (SSSR count). The first-order chi connectivity index (χ1) is 9.10. The van der Waals surface area contributed by atoms with E-state index in [9.17, 15) is 13.9 Å². The zero-order valence-electron chi connectivity index (χ0n) is 10.5. The first kappa shape index (κ1) is 13.3. The summed E-state index contributed by atoms with van der Waals surface area (Å²) >= 11 is 0. The molecule has 0 aliphatic rings. The van der Waals surface area contributed by atoms with Crippen LogP contribution in [0.25, 0.3) is 0 Å². The summed E-state index contributed by atoms with van der Waals surface area (Å²) in [5, 5.41) is 9.61. The molecule has 2 nitrogen and oxygen atoms in total. The highest BCUT2D eigenvalue weighted by atomic mass is 19.1. The highest BCUT2D eigenvalue weighted by molar-refractivity contribution is 5.35. The van der Waals surface area contributed by atoms with Crippen LogP contribution in [0.15, 0.2) is 36.4 Å². The summed E-state index contributed by atoms with van der Waals surface area (Å²) in [6.07, 6.45) is 1.03. The van der Waals surface area contributed by atoms with Gasteiger partial charge in [0.15, 0.2) is 11.6 Å². The highest BCUT2D eigenvalue weighted by Crippen LogP contribution is 2.22. The molecule has 19 heavy (non-hydrogen) atoms. The summed E-state index contributed by atoms with van der Waals surface area (Å²) in [6, 6.07) is 8.42. The van der Waals surface area contributed by atoms with Gasteiger partial charge in [0.1, 0.15) is 11.6 Å². The minimum atomic E-state index is -0.417. The van der Waals surface area contributed by atoms with Crippen LogP contribution in [-0.2, 0) is 12.8 Å². The number of aromatic hydroxyl groups is 1. The monoisotopic (exact) mass is 264 g/mol. The van der Waals surface area contributed by atoms with Crippen molar-refractivity contribution in [3.05, 3.63) is 59.2 Å². The molecule has 0 radical (unpaired) electrons. The molecule has 0 unspecified atom stereocenters. The Bertz CT molecular complexity index is 582. The minimum Gasteiger partial charge on any atom is -0.508 e. The molecular formula is C15H14F2O2. The summed E-state index contributed by atoms with van der Waals surface area (Å²) in [7, 11) is 1.40. The third-order valence-electron chi connectivity index (χ3n) is 2.94. The lowest BCUT2D eigenvalue weighted by Crippen LogP contribution is -1.95. The molecule has 0 heterocycles. The van der Waals surface area contributed by atoms with E-state index in [0.717, 1.165) is 5.56 Å². The van der Waals surface area contributed by atoms with Gasteiger partial charge >= 0.3 is 0 Å². The van der Waals surface area contributed by atoms with E-state index in [1.54, 1.807) is 12.1 Å². The van der Waals surface area contributed by atoms with Gasteiger partial charge in [0, 0.05) is 0 Å². The lowest BCUT2D eigenvalue weighted by atomic mass is 10.0. The predicted molar refractivity (Wildman–Crippen MR) is 68.4 cm³/mol. The van der Waals surface area contributed by atoms with Crippen LogP contribution in [-0.4, -0.2) is 12.2 Å². The SMILES string of the molecule is COc1cc(CCc2cc(F)ccc2O)ccc1F. The molecule has 0 spiro atoms. The third kappa shape index (κ3) is 3.22. The average Bonchev–Trinajstić information content (AvgIpc) is 2.41. The van der Waals surface area contributed by atoms with Gasteiger partial charge in [-0.1, -0.05) is 6.07 Å². The molecule has 0 saturated carbocycles. The number of hydrogen-bond donors (Lipinski definition) is 1. The Hall–Kier alpha value is -2.10. The van der Waals surface area contributed by atoms with Crippen molar-refractivity contribution in [3.63, 3.8) is 0 Å². The van der Waals surface area contributed by atoms with Crippen LogP contribution >= 0.6 is 0 Å². The van der Waals surface area contributed by atoms with E-state index < -0.39 is 5.82 Å². The van der Waals surface area contributed by atoms with Crippen LogP contribution in [0, 0.1) is 11.6 Å². The number of hydrogen-bond acceptors (Lipinski definition) is 2. The maximum absolute atomic E-state index is 13.2. The normalized spacial score (nSPS) is 10.5. The van der Waals surface area contributed by atoms with Crippen molar-refractivity contribution in [2.45, 2.75) is 12.8 Å². The van der Waals surface area contributed by atoms with E-state index in [0.29, 0.717) is 18.4 Å². The van der Waals surface area contributed by atoms with Crippen molar-refractivity contribution >= 4 is 0 Å². The molecule has 4 heteroatoms. The van der Waals surface area contributed by atoms with Gasteiger partial charge in [-0.15, -0.1) is 0 Å². The largest absolute Gasteiger partial charge is 0.508 e. The second kappa shape index (κ2) is 5.69. The summed E-state index contributed by atoms with van der Waals surface area (Å²) in [5.74, 6) is -0.555. The van der Waals surface area contributed by atoms with Gasteiger partial charge in [0.25, 0.3) is 0 Å². The Balaban J connectivity index is 2.12. The highest BCUT2D eigenvalue weighted by Gasteiger charge is 2.06. The van der Waals surface area contributed by atoms with Gasteiger partial charge in [-0.3, -0.25) is 0 Å². The molecule has 100 valence electrons. The number of phenols is 1. The molecule has 0 saturated heterocycles. The van der Waals surface area contributed by atoms with E-state index in [1.807, 2.05) is 0 Å². The maximum atomic E-state index is 13.2. The van der Waals surface area contributed by atoms with E-state index >= 15 is 0 Å². The second-order valence-corrected chi connectivity index (χ2v) is 4.24. The van der Waals surface area contributed by atoms with Gasteiger partial charge in [0.2, 0.25) is 0 Å². The predicted octanol–water partition coefficient (Wildman–Crippen LogP) is 3.46. The summed E-state index contributed by atoms with van der Waals surface area (Å²) in [4.78, 5) is 0. The molecule has 0 fully saturated rings. The molecule has 2 aromatic carbocycles. The van der Waals surface area contributed by atoms with Crippen LogP contribution in [0.5, 0.6) is 11.5 Å². The molecule has 0 aromatic heterocycles. The third-order valence-corrected chi connectivity index (χ3v) is 2.94. The Morgan fingerprint density at radius 1 is 1.05 bits per heavy atom. The summed E-state index contributed by atoms with van der Waals surface area (Å²) < 4.78 is 31.2. The molecule has 0 aliphatic heterocycles. The fourth-order valence-electron chi connectivity index (χ4n) is 1.89. The van der Waals surface area contributed by atoms with Crippen molar-refractivity contribution in [2.24, 2.45) is 0 Å². The van der Waals surface area contributed by atoms with Gasteiger partial charge in [-0.2, -0.15) is 0 Å². The lowest BCUT2D eigenvalue weighted by Gasteiger charge is -2.07. The van der Waals surface area contributed by atoms with Gasteiger partial charge < -0.3 is 9.84 Å². The number of halogens is 2. The van der Waals surface area contributed by atoms with E-state index in [1.165, 1.54) is 31.4 Å². The minimum absolute atomic E-state index is 0.0653. The van der Waals surface area contributed by atoms with Crippen molar-refractivity contribution in [3.8, 4) is 11.5 Å². The van der Waals surface area contributed by atoms with Crippen LogP contribution in [0.3, 0.4) is 0 Å². The lowest BCUT2D eigenvalue weighted by molar-refractivity contribution is 0.386. The van der Waals surface area contributed by atoms with Crippen LogP contribution < -0.4 is 4.74 Å². The topological polar surface area (TPSA) is 29.5 Å². The Morgan fingerprint density at radius 2 is 1.84 bits per heavy atom.